The molecule has 0 spiro atoms. The molecule has 2 bridgehead atoms. The number of anilines is 1. The van der Waals surface area contributed by atoms with E-state index in [1.807, 2.05) is 73.7 Å². The minimum Gasteiger partial charge on any atom is -0.274 e. The molecule has 0 aromatic heterocycles. The summed E-state index contributed by atoms with van der Waals surface area (Å²) in [5.41, 5.74) is 4.76. The SMILES string of the molecule is CCc1cc(Br)ccc1N1C(=O)[C@@H]2[C@@H](C1=O)C1(Cl)c3ccccc3C2(Cl)c2ccccc21. The van der Waals surface area contributed by atoms with Crippen molar-refractivity contribution in [2.75, 3.05) is 4.90 Å². The van der Waals surface area contributed by atoms with Gasteiger partial charge in [-0.2, -0.15) is 0 Å². The maximum absolute atomic E-state index is 14.0. The summed E-state index contributed by atoms with van der Waals surface area (Å²) < 4.78 is 0.900. The van der Waals surface area contributed by atoms with Gasteiger partial charge in [-0.3, -0.25) is 9.59 Å². The Kier molecular flexibility index (Phi) is 4.28. The van der Waals surface area contributed by atoms with Gasteiger partial charge >= 0.3 is 0 Å². The summed E-state index contributed by atoms with van der Waals surface area (Å²) in [7, 11) is 0. The first-order valence-corrected chi connectivity index (χ1v) is 12.1. The molecule has 6 heteroatoms. The number of nitrogens with zero attached hydrogens (tertiary/aromatic N) is 1. The molecule has 2 amide bonds. The van der Waals surface area contributed by atoms with Gasteiger partial charge in [0.25, 0.3) is 0 Å². The van der Waals surface area contributed by atoms with Gasteiger partial charge in [-0.05, 0) is 52.4 Å². The van der Waals surface area contributed by atoms with Crippen molar-refractivity contribution < 1.29 is 9.59 Å². The summed E-state index contributed by atoms with van der Waals surface area (Å²) in [6.07, 6.45) is 0.680. The zero-order chi connectivity index (χ0) is 22.4. The van der Waals surface area contributed by atoms with Crippen molar-refractivity contribution in [3.05, 3.63) is 99.0 Å². The first kappa shape index (κ1) is 20.5. The third-order valence-corrected chi connectivity index (χ3v) is 9.03. The molecular weight excluding hydrogens is 509 g/mol. The molecule has 1 fully saturated rings. The summed E-state index contributed by atoms with van der Waals surface area (Å²) in [5, 5.41) is 0. The first-order valence-electron chi connectivity index (χ1n) is 10.6. The number of halogens is 3. The minimum absolute atomic E-state index is 0.291. The molecular formula is C26H18BrCl2NO2. The molecule has 0 N–H and O–H groups in total. The monoisotopic (exact) mass is 525 g/mol. The molecule has 1 aliphatic heterocycles. The standard InChI is InChI=1S/C26H18BrCl2NO2/c1-2-14-13-15(27)11-12-20(14)30-23(31)21-22(24(30)32)26(29)17-8-4-3-7-16(17)25(21,28)18-9-5-6-10-19(18)26/h3-13,21-22H,2H2,1H3/t21-,22-,25?,26?/m0/s1. The van der Waals surface area contributed by atoms with Gasteiger partial charge in [0.05, 0.1) is 17.5 Å². The van der Waals surface area contributed by atoms with Gasteiger partial charge in [0, 0.05) is 4.47 Å². The van der Waals surface area contributed by atoms with Crippen molar-refractivity contribution >= 4 is 56.6 Å². The lowest BCUT2D eigenvalue weighted by Crippen LogP contribution is -2.57. The molecule has 7 rings (SSSR count). The highest BCUT2D eigenvalue weighted by molar-refractivity contribution is 9.10. The molecule has 1 saturated heterocycles. The molecule has 32 heavy (non-hydrogen) atoms. The first-order chi connectivity index (χ1) is 15.3. The van der Waals surface area contributed by atoms with E-state index in [0.717, 1.165) is 32.3 Å². The second-order valence-corrected chi connectivity index (χ2v) is 10.7. The van der Waals surface area contributed by atoms with E-state index >= 15 is 0 Å². The van der Waals surface area contributed by atoms with E-state index in [2.05, 4.69) is 15.9 Å². The van der Waals surface area contributed by atoms with Crippen LogP contribution in [0.3, 0.4) is 0 Å². The summed E-state index contributed by atoms with van der Waals surface area (Å²) in [5.74, 6) is -2.15. The van der Waals surface area contributed by atoms with Crippen LogP contribution in [0.2, 0.25) is 0 Å². The van der Waals surface area contributed by atoms with Crippen LogP contribution in [0.4, 0.5) is 5.69 Å². The molecule has 3 aromatic carbocycles. The average molecular weight is 527 g/mol. The van der Waals surface area contributed by atoms with Crippen LogP contribution in [-0.2, 0) is 25.8 Å². The lowest BCUT2D eigenvalue weighted by molar-refractivity contribution is -0.122. The highest BCUT2D eigenvalue weighted by Gasteiger charge is 2.73. The number of carbonyl (C=O) groups is 2. The molecule has 0 radical (unpaired) electrons. The van der Waals surface area contributed by atoms with Crippen LogP contribution in [0.1, 0.15) is 34.7 Å². The Labute approximate surface area is 204 Å². The number of alkyl halides is 2. The van der Waals surface area contributed by atoms with E-state index in [0.29, 0.717) is 12.1 Å². The van der Waals surface area contributed by atoms with Crippen molar-refractivity contribution in [1.82, 2.24) is 0 Å². The zero-order valence-electron chi connectivity index (χ0n) is 17.1. The summed E-state index contributed by atoms with van der Waals surface area (Å²) >= 11 is 18.4. The summed E-state index contributed by atoms with van der Waals surface area (Å²) in [6, 6.07) is 21.0. The van der Waals surface area contributed by atoms with Crippen LogP contribution < -0.4 is 4.90 Å². The quantitative estimate of drug-likeness (QED) is 0.298. The Bertz CT molecular complexity index is 1220. The van der Waals surface area contributed by atoms with Crippen molar-refractivity contribution in [1.29, 1.82) is 0 Å². The van der Waals surface area contributed by atoms with E-state index in [1.165, 1.54) is 4.90 Å². The van der Waals surface area contributed by atoms with Gasteiger partial charge in [0.1, 0.15) is 9.75 Å². The predicted molar refractivity (Wildman–Crippen MR) is 129 cm³/mol. The van der Waals surface area contributed by atoms with Crippen molar-refractivity contribution in [3.63, 3.8) is 0 Å². The van der Waals surface area contributed by atoms with Gasteiger partial charge in [0.2, 0.25) is 11.8 Å². The van der Waals surface area contributed by atoms with Crippen LogP contribution in [0.25, 0.3) is 0 Å². The maximum Gasteiger partial charge on any atom is 0.240 e. The third-order valence-electron chi connectivity index (χ3n) is 7.25. The summed E-state index contributed by atoms with van der Waals surface area (Å²) in [4.78, 5) is 27.0. The fourth-order valence-corrected chi connectivity index (χ4v) is 7.47. The second-order valence-electron chi connectivity index (χ2n) is 8.61. The lowest BCUT2D eigenvalue weighted by atomic mass is 9.54. The van der Waals surface area contributed by atoms with Gasteiger partial charge in [-0.25, -0.2) is 4.90 Å². The van der Waals surface area contributed by atoms with Crippen LogP contribution in [0.15, 0.2) is 71.2 Å². The lowest BCUT2D eigenvalue weighted by Gasteiger charge is -2.54. The minimum atomic E-state index is -1.16. The van der Waals surface area contributed by atoms with Crippen LogP contribution in [-0.4, -0.2) is 11.8 Å². The van der Waals surface area contributed by atoms with E-state index in [4.69, 9.17) is 23.2 Å². The van der Waals surface area contributed by atoms with Crippen LogP contribution >= 0.6 is 39.1 Å². The fourth-order valence-electron chi connectivity index (χ4n) is 5.96. The van der Waals surface area contributed by atoms with Crippen molar-refractivity contribution in [2.45, 2.75) is 23.1 Å². The predicted octanol–water partition coefficient (Wildman–Crippen LogP) is 6.11. The molecule has 4 aliphatic rings. The van der Waals surface area contributed by atoms with Crippen LogP contribution in [0, 0.1) is 11.8 Å². The normalized spacial score (nSPS) is 29.7. The number of hydrogen-bond donors (Lipinski definition) is 0. The number of imide groups is 1. The Morgan fingerprint density at radius 2 is 1.25 bits per heavy atom. The number of benzene rings is 3. The highest BCUT2D eigenvalue weighted by Crippen LogP contribution is 2.69. The molecule has 160 valence electrons. The highest BCUT2D eigenvalue weighted by atomic mass is 79.9. The number of carbonyl (C=O) groups excluding carboxylic acids is 2. The smallest absolute Gasteiger partial charge is 0.240 e. The number of hydrogen-bond acceptors (Lipinski definition) is 2. The van der Waals surface area contributed by atoms with Crippen molar-refractivity contribution in [2.24, 2.45) is 11.8 Å². The fraction of sp³-hybridized carbons (Fsp3) is 0.231. The Hall–Kier alpha value is -2.14. The Balaban J connectivity index is 1.65. The van der Waals surface area contributed by atoms with E-state index in [-0.39, 0.29) is 11.8 Å². The average Bonchev–Trinajstić information content (AvgIpc) is 3.08. The second kappa shape index (κ2) is 6.69. The zero-order valence-corrected chi connectivity index (χ0v) is 20.2. The Morgan fingerprint density at radius 3 is 1.66 bits per heavy atom. The van der Waals surface area contributed by atoms with Crippen molar-refractivity contribution in [3.8, 4) is 0 Å². The van der Waals surface area contributed by atoms with Gasteiger partial charge in [-0.15, -0.1) is 23.2 Å². The molecule has 2 atom stereocenters. The largest absolute Gasteiger partial charge is 0.274 e. The molecule has 0 saturated carbocycles. The van der Waals surface area contributed by atoms with E-state index < -0.39 is 21.6 Å². The summed E-state index contributed by atoms with van der Waals surface area (Å²) in [6.45, 7) is 2.00. The molecule has 3 nitrogen and oxygen atoms in total. The van der Waals surface area contributed by atoms with Gasteiger partial charge < -0.3 is 0 Å². The molecule has 3 aromatic rings. The topological polar surface area (TPSA) is 37.4 Å². The van der Waals surface area contributed by atoms with Gasteiger partial charge in [0.15, 0.2) is 0 Å². The van der Waals surface area contributed by atoms with Crippen LogP contribution in [0.5, 0.6) is 0 Å². The number of aryl methyl sites for hydroxylation is 1. The maximum atomic E-state index is 14.0. The molecule has 3 aliphatic carbocycles. The molecule has 1 heterocycles. The number of amides is 2. The molecule has 0 unspecified atom stereocenters. The van der Waals surface area contributed by atoms with E-state index in [9.17, 15) is 9.59 Å². The van der Waals surface area contributed by atoms with E-state index in [1.54, 1.807) is 0 Å². The number of rotatable bonds is 2. The third kappa shape index (κ3) is 2.23. The Morgan fingerprint density at radius 1 is 0.812 bits per heavy atom. The van der Waals surface area contributed by atoms with Gasteiger partial charge in [-0.1, -0.05) is 71.4 Å².